The summed E-state index contributed by atoms with van der Waals surface area (Å²) in [4.78, 5) is 2.26. The minimum Gasteiger partial charge on any atom is -0.371 e. The van der Waals surface area contributed by atoms with Gasteiger partial charge in [0.15, 0.2) is 0 Å². The minimum atomic E-state index is 0.322. The smallest absolute Gasteiger partial charge is 0.0640 e. The Morgan fingerprint density at radius 3 is 2.42 bits per heavy atom. The molecule has 1 N–H and O–H groups in total. The van der Waals surface area contributed by atoms with Crippen LogP contribution in [0.15, 0.2) is 42.5 Å². The van der Waals surface area contributed by atoms with Crippen molar-refractivity contribution in [2.45, 2.75) is 53.1 Å². The molecule has 0 heterocycles. The maximum atomic E-state index is 8.82. The summed E-state index contributed by atoms with van der Waals surface area (Å²) in [6, 6.07) is 18.0. The Labute approximate surface area is 158 Å². The van der Waals surface area contributed by atoms with Crippen molar-refractivity contribution in [2.75, 3.05) is 18.0 Å². The number of nitriles is 1. The molecule has 0 aliphatic heterocycles. The molecule has 0 aliphatic rings. The lowest BCUT2D eigenvalue weighted by atomic mass is 10.0. The van der Waals surface area contributed by atoms with Crippen LogP contribution < -0.4 is 10.2 Å². The maximum absolute atomic E-state index is 8.82. The fraction of sp³-hybridized carbons (Fsp3) is 0.435. The van der Waals surface area contributed by atoms with E-state index in [0.717, 1.165) is 26.1 Å². The van der Waals surface area contributed by atoms with Crippen molar-refractivity contribution in [1.29, 1.82) is 5.26 Å². The molecule has 2 aromatic rings. The number of anilines is 1. The third-order valence-electron chi connectivity index (χ3n) is 5.05. The quantitative estimate of drug-likeness (QED) is 0.680. The molecule has 0 spiro atoms. The fourth-order valence-corrected chi connectivity index (χ4v) is 3.15. The molecule has 0 amide bonds. The van der Waals surface area contributed by atoms with Crippen molar-refractivity contribution in [1.82, 2.24) is 5.32 Å². The molecule has 3 nitrogen and oxygen atoms in total. The zero-order chi connectivity index (χ0) is 18.9. The van der Waals surface area contributed by atoms with Crippen LogP contribution in [0.1, 0.15) is 55.5 Å². The van der Waals surface area contributed by atoms with Gasteiger partial charge in [0, 0.05) is 31.4 Å². The number of nitrogens with zero attached hydrogens (tertiary/aromatic N) is 2. The van der Waals surface area contributed by atoms with Gasteiger partial charge in [-0.15, -0.1) is 0 Å². The standard InChI is InChI=1S/C23H31N3/c1-5-20-8-10-21(11-9-20)19(4)25-17-22-12-13-23(16-18(22)3)26(6-2)15-7-14-24/h8-13,16,19,25H,5-7,15,17H2,1-4H3. The summed E-state index contributed by atoms with van der Waals surface area (Å²) in [5, 5.41) is 12.5. The van der Waals surface area contributed by atoms with Crippen molar-refractivity contribution >= 4 is 5.69 Å². The van der Waals surface area contributed by atoms with E-state index < -0.39 is 0 Å². The summed E-state index contributed by atoms with van der Waals surface area (Å²) in [5.41, 5.74) is 6.52. The lowest BCUT2D eigenvalue weighted by Crippen LogP contribution is -2.24. The molecule has 0 saturated heterocycles. The van der Waals surface area contributed by atoms with Crippen molar-refractivity contribution in [3.8, 4) is 6.07 Å². The topological polar surface area (TPSA) is 39.1 Å². The van der Waals surface area contributed by atoms with Gasteiger partial charge in [-0.05, 0) is 61.6 Å². The molecule has 2 rings (SSSR count). The van der Waals surface area contributed by atoms with E-state index in [1.165, 1.54) is 27.9 Å². The second-order valence-corrected chi connectivity index (χ2v) is 6.80. The number of aryl methyl sites for hydroxylation is 2. The Bertz CT molecular complexity index is 728. The molecule has 0 saturated carbocycles. The SMILES string of the molecule is CCc1ccc(C(C)NCc2ccc(N(CC)CCC#N)cc2C)cc1. The van der Waals surface area contributed by atoms with Gasteiger partial charge in [0.05, 0.1) is 12.5 Å². The van der Waals surface area contributed by atoms with E-state index in [2.05, 4.69) is 86.4 Å². The highest BCUT2D eigenvalue weighted by Crippen LogP contribution is 2.21. The molecular formula is C23H31N3. The van der Waals surface area contributed by atoms with Crippen LogP contribution in [0.3, 0.4) is 0 Å². The van der Waals surface area contributed by atoms with Crippen molar-refractivity contribution in [3.05, 3.63) is 64.7 Å². The highest BCUT2D eigenvalue weighted by atomic mass is 15.1. The van der Waals surface area contributed by atoms with Gasteiger partial charge in [0.1, 0.15) is 0 Å². The van der Waals surface area contributed by atoms with Gasteiger partial charge in [-0.2, -0.15) is 5.26 Å². The van der Waals surface area contributed by atoms with E-state index in [0.29, 0.717) is 12.5 Å². The zero-order valence-electron chi connectivity index (χ0n) is 16.5. The third kappa shape index (κ3) is 5.34. The van der Waals surface area contributed by atoms with Gasteiger partial charge in [0.25, 0.3) is 0 Å². The number of benzene rings is 2. The van der Waals surface area contributed by atoms with Crippen LogP contribution in [0.25, 0.3) is 0 Å². The Morgan fingerprint density at radius 1 is 1.12 bits per heavy atom. The van der Waals surface area contributed by atoms with Gasteiger partial charge in [-0.25, -0.2) is 0 Å². The number of nitrogens with one attached hydrogen (secondary N) is 1. The first-order chi connectivity index (χ1) is 12.6. The molecule has 1 atom stereocenters. The van der Waals surface area contributed by atoms with Crippen LogP contribution in [0.5, 0.6) is 0 Å². The molecule has 0 bridgehead atoms. The average Bonchev–Trinajstić information content (AvgIpc) is 2.67. The molecule has 0 radical (unpaired) electrons. The number of rotatable bonds is 9. The van der Waals surface area contributed by atoms with E-state index in [1.54, 1.807) is 0 Å². The van der Waals surface area contributed by atoms with Crippen molar-refractivity contribution < 1.29 is 0 Å². The van der Waals surface area contributed by atoms with E-state index in [4.69, 9.17) is 5.26 Å². The van der Waals surface area contributed by atoms with Crippen LogP contribution in [-0.2, 0) is 13.0 Å². The predicted octanol–water partition coefficient (Wildman–Crippen LogP) is 5.15. The first-order valence-electron chi connectivity index (χ1n) is 9.62. The first kappa shape index (κ1) is 20.0. The fourth-order valence-electron chi connectivity index (χ4n) is 3.15. The van der Waals surface area contributed by atoms with Crippen molar-refractivity contribution in [3.63, 3.8) is 0 Å². The van der Waals surface area contributed by atoms with Crippen LogP contribution >= 0.6 is 0 Å². The Kier molecular flexibility index (Phi) is 7.69. The molecule has 26 heavy (non-hydrogen) atoms. The molecular weight excluding hydrogens is 318 g/mol. The third-order valence-corrected chi connectivity index (χ3v) is 5.05. The molecule has 0 aromatic heterocycles. The second kappa shape index (κ2) is 9.99. The van der Waals surface area contributed by atoms with Gasteiger partial charge in [0.2, 0.25) is 0 Å². The lowest BCUT2D eigenvalue weighted by Gasteiger charge is -2.23. The van der Waals surface area contributed by atoms with Gasteiger partial charge in [-0.3, -0.25) is 0 Å². The lowest BCUT2D eigenvalue weighted by molar-refractivity contribution is 0.573. The molecule has 2 aromatic carbocycles. The van der Waals surface area contributed by atoms with Gasteiger partial charge in [-0.1, -0.05) is 37.3 Å². The minimum absolute atomic E-state index is 0.322. The second-order valence-electron chi connectivity index (χ2n) is 6.80. The molecule has 0 aliphatic carbocycles. The Balaban J connectivity index is 1.99. The predicted molar refractivity (Wildman–Crippen MR) is 110 cm³/mol. The van der Waals surface area contributed by atoms with Gasteiger partial charge < -0.3 is 10.2 Å². The molecule has 1 unspecified atom stereocenters. The van der Waals surface area contributed by atoms with E-state index in [9.17, 15) is 0 Å². The number of hydrogen-bond donors (Lipinski definition) is 1. The van der Waals surface area contributed by atoms with E-state index in [-0.39, 0.29) is 0 Å². The van der Waals surface area contributed by atoms with Crippen LogP contribution in [0.4, 0.5) is 5.69 Å². The van der Waals surface area contributed by atoms with Gasteiger partial charge >= 0.3 is 0 Å². The van der Waals surface area contributed by atoms with Crippen molar-refractivity contribution in [2.24, 2.45) is 0 Å². The average molecular weight is 350 g/mol. The van der Waals surface area contributed by atoms with Crippen LogP contribution in [0, 0.1) is 18.3 Å². The normalized spacial score (nSPS) is 11.8. The molecule has 0 fully saturated rings. The molecule has 3 heteroatoms. The summed E-state index contributed by atoms with van der Waals surface area (Å²) < 4.78 is 0. The van der Waals surface area contributed by atoms with Crippen LogP contribution in [-0.4, -0.2) is 13.1 Å². The van der Waals surface area contributed by atoms with Crippen LogP contribution in [0.2, 0.25) is 0 Å². The van der Waals surface area contributed by atoms with E-state index in [1.807, 2.05) is 0 Å². The molecule has 138 valence electrons. The monoisotopic (exact) mass is 349 g/mol. The Morgan fingerprint density at radius 2 is 1.85 bits per heavy atom. The largest absolute Gasteiger partial charge is 0.371 e. The number of hydrogen-bond acceptors (Lipinski definition) is 3. The maximum Gasteiger partial charge on any atom is 0.0640 e. The summed E-state index contributed by atoms with van der Waals surface area (Å²) in [6.45, 7) is 11.3. The highest BCUT2D eigenvalue weighted by molar-refractivity contribution is 5.51. The Hall–Kier alpha value is -2.31. The summed E-state index contributed by atoms with van der Waals surface area (Å²) >= 11 is 0. The summed E-state index contributed by atoms with van der Waals surface area (Å²) in [6.07, 6.45) is 1.64. The van der Waals surface area contributed by atoms with E-state index >= 15 is 0 Å². The summed E-state index contributed by atoms with van der Waals surface area (Å²) in [5.74, 6) is 0. The first-order valence-corrected chi connectivity index (χ1v) is 9.62. The highest BCUT2D eigenvalue weighted by Gasteiger charge is 2.09. The zero-order valence-corrected chi connectivity index (χ0v) is 16.5. The summed E-state index contributed by atoms with van der Waals surface area (Å²) in [7, 11) is 0.